The minimum atomic E-state index is -3.91. The molecule has 0 atom stereocenters. The van der Waals surface area contributed by atoms with Gasteiger partial charge in [-0.2, -0.15) is 12.7 Å². The molecule has 1 saturated carbocycles. The average Bonchev–Trinajstić information content (AvgIpc) is 2.74. The van der Waals surface area contributed by atoms with Crippen LogP contribution in [0, 0.1) is 0 Å². The van der Waals surface area contributed by atoms with Crippen LogP contribution in [0.2, 0.25) is 0 Å². The van der Waals surface area contributed by atoms with Crippen molar-refractivity contribution in [2.24, 2.45) is 0 Å². The van der Waals surface area contributed by atoms with E-state index in [0.29, 0.717) is 6.54 Å². The number of rotatable bonds is 17. The van der Waals surface area contributed by atoms with Gasteiger partial charge in [0.1, 0.15) is 6.61 Å². The van der Waals surface area contributed by atoms with Crippen molar-refractivity contribution in [3.05, 3.63) is 12.7 Å². The fourth-order valence-electron chi connectivity index (χ4n) is 3.79. The number of nitrogens with one attached hydrogen (secondary N) is 1. The van der Waals surface area contributed by atoms with E-state index < -0.39 is 22.8 Å². The summed E-state index contributed by atoms with van der Waals surface area (Å²) in [5.74, 6) is -0.434. The third-order valence-electron chi connectivity index (χ3n) is 5.70. The van der Waals surface area contributed by atoms with E-state index in [9.17, 15) is 13.2 Å². The topological polar surface area (TPSA) is 88.2 Å². The Balaban J connectivity index is 2.13. The Morgan fingerprint density at radius 2 is 1.74 bits per heavy atom. The van der Waals surface area contributed by atoms with Crippen molar-refractivity contribution in [1.82, 2.24) is 14.5 Å². The molecule has 1 aliphatic rings. The zero-order valence-corrected chi connectivity index (χ0v) is 20.5. The number of unbranched alkanes of at least 4 members (excludes halogenated alkanes) is 4. The Bertz CT molecular complexity index is 606. The van der Waals surface area contributed by atoms with Crippen molar-refractivity contribution >= 4 is 16.2 Å². The summed E-state index contributed by atoms with van der Waals surface area (Å²) < 4.78 is 36.7. The van der Waals surface area contributed by atoms with Gasteiger partial charge in [-0.05, 0) is 59.0 Å². The quantitative estimate of drug-likeness (QED) is 0.265. The maximum atomic E-state index is 12.3. The molecule has 8 nitrogen and oxygen atoms in total. The molecular formula is C22H43N3O5S. The lowest BCUT2D eigenvalue weighted by Crippen LogP contribution is -2.42. The molecule has 0 spiro atoms. The summed E-state index contributed by atoms with van der Waals surface area (Å²) in [7, 11) is -0.264. The third-order valence-corrected chi connectivity index (χ3v) is 7.12. The highest BCUT2D eigenvalue weighted by molar-refractivity contribution is 7.84. The molecule has 0 bridgehead atoms. The first kappa shape index (κ1) is 28.0. The Labute approximate surface area is 189 Å². The summed E-state index contributed by atoms with van der Waals surface area (Å²) in [6.07, 6.45) is 11.3. The van der Waals surface area contributed by atoms with E-state index in [1.165, 1.54) is 37.0 Å². The molecule has 0 aromatic carbocycles. The normalized spacial score (nSPS) is 19.6. The summed E-state index contributed by atoms with van der Waals surface area (Å²) in [5.41, 5.74) is 0. The summed E-state index contributed by atoms with van der Waals surface area (Å²) in [4.78, 5) is 13.7. The van der Waals surface area contributed by atoms with Crippen LogP contribution in [-0.4, -0.2) is 82.6 Å². The number of carbonyl (C=O) groups excluding carboxylic acids is 1. The van der Waals surface area contributed by atoms with Crippen LogP contribution in [0.5, 0.6) is 0 Å². The second-order valence-corrected chi connectivity index (χ2v) is 9.98. The molecule has 182 valence electrons. The van der Waals surface area contributed by atoms with E-state index in [-0.39, 0.29) is 12.1 Å². The van der Waals surface area contributed by atoms with Crippen molar-refractivity contribution in [1.29, 1.82) is 0 Å². The molecule has 0 aromatic heterocycles. The zero-order chi connectivity index (χ0) is 23.1. The largest absolute Gasteiger partial charge is 0.378 e. The van der Waals surface area contributed by atoms with E-state index in [1.54, 1.807) is 6.92 Å². The zero-order valence-electron chi connectivity index (χ0n) is 19.7. The molecule has 0 heterocycles. The Morgan fingerprint density at radius 3 is 2.39 bits per heavy atom. The van der Waals surface area contributed by atoms with E-state index in [4.69, 9.17) is 8.92 Å². The van der Waals surface area contributed by atoms with Gasteiger partial charge in [0.25, 0.3) is 0 Å². The molecule has 1 amide bonds. The van der Waals surface area contributed by atoms with Crippen LogP contribution in [0.1, 0.15) is 64.7 Å². The van der Waals surface area contributed by atoms with Gasteiger partial charge in [-0.15, -0.1) is 6.58 Å². The molecule has 1 N–H and O–H groups in total. The first-order chi connectivity index (χ1) is 14.8. The Hall–Kier alpha value is -1.00. The number of likely N-dealkylation sites (N-methyl/N-ethyl adjacent to an activating group) is 2. The molecule has 0 radical (unpaired) electrons. The molecule has 1 aliphatic carbocycles. The number of hydrogen-bond acceptors (Lipinski definition) is 6. The van der Waals surface area contributed by atoms with Gasteiger partial charge in [-0.3, -0.25) is 4.79 Å². The maximum absolute atomic E-state index is 12.3. The van der Waals surface area contributed by atoms with Gasteiger partial charge in [0.2, 0.25) is 5.91 Å². The molecular weight excluding hydrogens is 418 g/mol. The Kier molecular flexibility index (Phi) is 14.2. The summed E-state index contributed by atoms with van der Waals surface area (Å²) in [5, 5.41) is 2.52. The van der Waals surface area contributed by atoms with Crippen molar-refractivity contribution in [2.75, 3.05) is 46.9 Å². The molecule has 9 heteroatoms. The molecule has 0 aromatic rings. The lowest BCUT2D eigenvalue weighted by molar-refractivity contribution is -0.123. The van der Waals surface area contributed by atoms with Crippen molar-refractivity contribution < 1.29 is 22.1 Å². The molecule has 0 aliphatic heterocycles. The highest BCUT2D eigenvalue weighted by Crippen LogP contribution is 2.26. The molecule has 1 rings (SSSR count). The summed E-state index contributed by atoms with van der Waals surface area (Å²) in [6, 6.07) is -0.113. The minimum absolute atomic E-state index is 0.113. The number of amides is 1. The molecule has 1 fully saturated rings. The van der Waals surface area contributed by atoms with E-state index in [0.717, 1.165) is 51.8 Å². The fourth-order valence-corrected chi connectivity index (χ4v) is 4.79. The van der Waals surface area contributed by atoms with Crippen LogP contribution < -0.4 is 5.32 Å². The van der Waals surface area contributed by atoms with Gasteiger partial charge in [0.05, 0.1) is 6.10 Å². The predicted molar refractivity (Wildman–Crippen MR) is 124 cm³/mol. The molecule has 0 saturated heterocycles. The average molecular weight is 462 g/mol. The maximum Gasteiger partial charge on any atom is 0.338 e. The van der Waals surface area contributed by atoms with Crippen LogP contribution in [0.15, 0.2) is 12.7 Å². The third kappa shape index (κ3) is 12.0. The van der Waals surface area contributed by atoms with Gasteiger partial charge in [-0.25, -0.2) is 4.18 Å². The van der Waals surface area contributed by atoms with Gasteiger partial charge in [0, 0.05) is 32.8 Å². The highest BCUT2D eigenvalue weighted by atomic mass is 32.2. The lowest BCUT2D eigenvalue weighted by Gasteiger charge is -2.33. The van der Waals surface area contributed by atoms with Gasteiger partial charge in [-0.1, -0.05) is 25.3 Å². The van der Waals surface area contributed by atoms with Crippen LogP contribution in [0.25, 0.3) is 0 Å². The second kappa shape index (κ2) is 15.7. The van der Waals surface area contributed by atoms with Crippen molar-refractivity contribution in [3.63, 3.8) is 0 Å². The number of ether oxygens (including phenoxy) is 1. The van der Waals surface area contributed by atoms with Crippen LogP contribution in [-0.2, 0) is 24.0 Å². The van der Waals surface area contributed by atoms with Crippen LogP contribution in [0.3, 0.4) is 0 Å². The summed E-state index contributed by atoms with van der Waals surface area (Å²) >= 11 is 0. The second-order valence-electron chi connectivity index (χ2n) is 8.31. The smallest absolute Gasteiger partial charge is 0.338 e. The highest BCUT2D eigenvalue weighted by Gasteiger charge is 2.31. The number of carbonyl (C=O) groups is 1. The first-order valence-corrected chi connectivity index (χ1v) is 13.0. The van der Waals surface area contributed by atoms with Crippen molar-refractivity contribution in [3.8, 4) is 0 Å². The minimum Gasteiger partial charge on any atom is -0.378 e. The standard InChI is InChI=1S/C22H43N3O5S/c1-5-16-24(3)17-10-8-7-9-11-18-29-21-14-12-20(13-15-21)25(4)31(27,28)30-19-22(26)23-6-2/h5,20-21H,1,6-19H2,2-4H3,(H,23,26). The fraction of sp³-hybridized carbons (Fsp3) is 0.864. The lowest BCUT2D eigenvalue weighted by atomic mass is 9.93. The van der Waals surface area contributed by atoms with E-state index in [1.807, 2.05) is 6.08 Å². The predicted octanol–water partition coefficient (Wildman–Crippen LogP) is 2.71. The number of nitrogens with zero attached hydrogens (tertiary/aromatic N) is 2. The Morgan fingerprint density at radius 1 is 1.10 bits per heavy atom. The summed E-state index contributed by atoms with van der Waals surface area (Å²) in [6.45, 7) is 8.32. The van der Waals surface area contributed by atoms with Crippen molar-refractivity contribution in [2.45, 2.75) is 76.9 Å². The van der Waals surface area contributed by atoms with Gasteiger partial charge < -0.3 is 15.0 Å². The van der Waals surface area contributed by atoms with E-state index in [2.05, 4.69) is 23.8 Å². The monoisotopic (exact) mass is 461 g/mol. The first-order valence-electron chi connectivity index (χ1n) is 11.6. The van der Waals surface area contributed by atoms with Crippen LogP contribution >= 0.6 is 0 Å². The van der Waals surface area contributed by atoms with Crippen LogP contribution in [0.4, 0.5) is 0 Å². The van der Waals surface area contributed by atoms with Gasteiger partial charge >= 0.3 is 10.3 Å². The van der Waals surface area contributed by atoms with Gasteiger partial charge in [0.15, 0.2) is 0 Å². The SMILES string of the molecule is C=CCN(C)CCCCCCCOC1CCC(N(C)S(=O)(=O)OCC(=O)NCC)CC1. The number of hydrogen-bond donors (Lipinski definition) is 1. The van der Waals surface area contributed by atoms with E-state index >= 15 is 0 Å². The molecule has 31 heavy (non-hydrogen) atoms. The molecule has 0 unspecified atom stereocenters.